The zero-order valence-electron chi connectivity index (χ0n) is 8.36. The number of hydrogen-bond donors (Lipinski definition) is 2. The maximum Gasteiger partial charge on any atom is 0.0150 e. The molecule has 0 aliphatic rings. The molecule has 0 aliphatic carbocycles. The molecular weight excluding hydrogens is 148 g/mol. The summed E-state index contributed by atoms with van der Waals surface area (Å²) in [6, 6.07) is 2.17. The minimum Gasteiger partial charge on any atom is -0.362 e. The molecule has 0 fully saturated rings. The number of aromatic amines is 1. The fourth-order valence-corrected chi connectivity index (χ4v) is 1.46. The Morgan fingerprint density at radius 3 is 2.33 bits per heavy atom. The third-order valence-corrected chi connectivity index (χ3v) is 1.90. The van der Waals surface area contributed by atoms with Crippen LogP contribution in [0, 0.1) is 13.8 Å². The molecule has 2 heteroatoms. The number of aromatic nitrogens is 1. The first kappa shape index (κ1) is 9.33. The molecule has 2 nitrogen and oxygen atoms in total. The van der Waals surface area contributed by atoms with Crippen molar-refractivity contribution in [2.75, 3.05) is 0 Å². The lowest BCUT2D eigenvalue weighted by molar-refractivity contribution is 0.515. The van der Waals surface area contributed by atoms with Gasteiger partial charge in [-0.2, -0.15) is 0 Å². The Morgan fingerprint density at radius 2 is 2.00 bits per heavy atom. The molecule has 12 heavy (non-hydrogen) atoms. The first-order valence-electron chi connectivity index (χ1n) is 4.32. The molecule has 0 aliphatic heterocycles. The maximum atomic E-state index is 5.93. The SMILES string of the molecule is Cc1cc(CC(C)(C)N)c(C)[nH]1. The zero-order valence-corrected chi connectivity index (χ0v) is 8.36. The third kappa shape index (κ3) is 2.38. The lowest BCUT2D eigenvalue weighted by Gasteiger charge is -2.17. The first-order valence-corrected chi connectivity index (χ1v) is 4.32. The van der Waals surface area contributed by atoms with E-state index < -0.39 is 0 Å². The molecule has 0 radical (unpaired) electrons. The molecule has 0 atom stereocenters. The number of nitrogens with two attached hydrogens (primary N) is 1. The van der Waals surface area contributed by atoms with Crippen LogP contribution >= 0.6 is 0 Å². The summed E-state index contributed by atoms with van der Waals surface area (Å²) in [4.78, 5) is 3.27. The van der Waals surface area contributed by atoms with Crippen LogP contribution in [0.25, 0.3) is 0 Å². The summed E-state index contributed by atoms with van der Waals surface area (Å²) >= 11 is 0. The molecule has 0 spiro atoms. The van der Waals surface area contributed by atoms with Crippen LogP contribution in [-0.2, 0) is 6.42 Å². The molecular formula is C10H18N2. The molecule has 1 rings (SSSR count). The number of aryl methyl sites for hydroxylation is 2. The van der Waals surface area contributed by atoms with E-state index in [4.69, 9.17) is 5.73 Å². The van der Waals surface area contributed by atoms with Crippen molar-refractivity contribution in [3.05, 3.63) is 23.0 Å². The monoisotopic (exact) mass is 166 g/mol. The van der Waals surface area contributed by atoms with Crippen molar-refractivity contribution >= 4 is 0 Å². The lowest BCUT2D eigenvalue weighted by atomic mass is 9.96. The van der Waals surface area contributed by atoms with Crippen molar-refractivity contribution in [1.82, 2.24) is 4.98 Å². The minimum atomic E-state index is -0.112. The van der Waals surface area contributed by atoms with Crippen molar-refractivity contribution in [1.29, 1.82) is 0 Å². The highest BCUT2D eigenvalue weighted by molar-refractivity contribution is 5.25. The Labute approximate surface area is 74.2 Å². The van der Waals surface area contributed by atoms with Crippen LogP contribution in [0.1, 0.15) is 30.8 Å². The summed E-state index contributed by atoms with van der Waals surface area (Å²) in [7, 11) is 0. The summed E-state index contributed by atoms with van der Waals surface area (Å²) in [5.41, 5.74) is 9.61. The van der Waals surface area contributed by atoms with Crippen LogP contribution in [0.15, 0.2) is 6.07 Å². The van der Waals surface area contributed by atoms with Gasteiger partial charge in [-0.15, -0.1) is 0 Å². The average molecular weight is 166 g/mol. The average Bonchev–Trinajstić information content (AvgIpc) is 2.06. The van der Waals surface area contributed by atoms with E-state index in [0.29, 0.717) is 0 Å². The minimum absolute atomic E-state index is 0.112. The molecule has 1 heterocycles. The Bertz CT molecular complexity index is 266. The van der Waals surface area contributed by atoms with E-state index in [0.717, 1.165) is 6.42 Å². The fraction of sp³-hybridized carbons (Fsp3) is 0.600. The summed E-state index contributed by atoms with van der Waals surface area (Å²) < 4.78 is 0. The van der Waals surface area contributed by atoms with E-state index in [1.165, 1.54) is 17.0 Å². The molecule has 0 saturated heterocycles. The van der Waals surface area contributed by atoms with Crippen molar-refractivity contribution in [3.63, 3.8) is 0 Å². The van der Waals surface area contributed by atoms with E-state index in [1.807, 2.05) is 0 Å². The third-order valence-electron chi connectivity index (χ3n) is 1.90. The van der Waals surface area contributed by atoms with Gasteiger partial charge < -0.3 is 10.7 Å². The Hall–Kier alpha value is -0.760. The topological polar surface area (TPSA) is 41.8 Å². The Kier molecular flexibility index (Phi) is 2.29. The Morgan fingerprint density at radius 1 is 1.42 bits per heavy atom. The quantitative estimate of drug-likeness (QED) is 0.692. The van der Waals surface area contributed by atoms with E-state index in [9.17, 15) is 0 Å². The Balaban J connectivity index is 2.82. The normalized spacial score (nSPS) is 12.1. The predicted octanol–water partition coefficient (Wildman–Crippen LogP) is 1.91. The first-order chi connectivity index (χ1) is 5.38. The van der Waals surface area contributed by atoms with Crippen LogP contribution in [0.5, 0.6) is 0 Å². The molecule has 0 aromatic carbocycles. The van der Waals surface area contributed by atoms with Gasteiger partial charge in [0.05, 0.1) is 0 Å². The van der Waals surface area contributed by atoms with Gasteiger partial charge in [-0.3, -0.25) is 0 Å². The predicted molar refractivity (Wildman–Crippen MR) is 52.2 cm³/mol. The van der Waals surface area contributed by atoms with E-state index >= 15 is 0 Å². The lowest BCUT2D eigenvalue weighted by Crippen LogP contribution is -2.34. The molecule has 1 aromatic rings. The molecule has 0 saturated carbocycles. The fourth-order valence-electron chi connectivity index (χ4n) is 1.46. The highest BCUT2D eigenvalue weighted by Gasteiger charge is 2.13. The van der Waals surface area contributed by atoms with Gasteiger partial charge in [0, 0.05) is 16.9 Å². The van der Waals surface area contributed by atoms with Gasteiger partial charge in [0.1, 0.15) is 0 Å². The van der Waals surface area contributed by atoms with Gasteiger partial charge >= 0.3 is 0 Å². The summed E-state index contributed by atoms with van der Waals surface area (Å²) in [5.74, 6) is 0. The van der Waals surface area contributed by atoms with Crippen LogP contribution in [-0.4, -0.2) is 10.5 Å². The van der Waals surface area contributed by atoms with Crippen molar-refractivity contribution < 1.29 is 0 Å². The second kappa shape index (κ2) is 2.94. The van der Waals surface area contributed by atoms with Crippen LogP contribution < -0.4 is 5.73 Å². The van der Waals surface area contributed by atoms with Crippen LogP contribution in [0.4, 0.5) is 0 Å². The number of hydrogen-bond acceptors (Lipinski definition) is 1. The van der Waals surface area contributed by atoms with E-state index in [2.05, 4.69) is 38.7 Å². The van der Waals surface area contributed by atoms with Crippen molar-refractivity contribution in [2.24, 2.45) is 5.73 Å². The summed E-state index contributed by atoms with van der Waals surface area (Å²) in [6.07, 6.45) is 0.934. The molecule has 0 unspecified atom stereocenters. The number of nitrogens with one attached hydrogen (secondary N) is 1. The van der Waals surface area contributed by atoms with Gasteiger partial charge in [0.25, 0.3) is 0 Å². The second-order valence-electron chi connectivity index (χ2n) is 4.27. The summed E-state index contributed by atoms with van der Waals surface area (Å²) in [6.45, 7) is 8.26. The van der Waals surface area contributed by atoms with Gasteiger partial charge in [-0.1, -0.05) is 0 Å². The summed E-state index contributed by atoms with van der Waals surface area (Å²) in [5, 5.41) is 0. The largest absolute Gasteiger partial charge is 0.362 e. The van der Waals surface area contributed by atoms with E-state index in [1.54, 1.807) is 0 Å². The van der Waals surface area contributed by atoms with Gasteiger partial charge in [0.15, 0.2) is 0 Å². The molecule has 3 N–H and O–H groups in total. The smallest absolute Gasteiger partial charge is 0.0150 e. The zero-order chi connectivity index (χ0) is 9.35. The molecule has 0 amide bonds. The van der Waals surface area contributed by atoms with Gasteiger partial charge in [0.2, 0.25) is 0 Å². The molecule has 1 aromatic heterocycles. The highest BCUT2D eigenvalue weighted by Crippen LogP contribution is 2.15. The van der Waals surface area contributed by atoms with Crippen LogP contribution in [0.3, 0.4) is 0 Å². The number of H-pyrrole nitrogens is 1. The van der Waals surface area contributed by atoms with Gasteiger partial charge in [-0.25, -0.2) is 0 Å². The second-order valence-corrected chi connectivity index (χ2v) is 4.27. The standard InChI is InChI=1S/C10H18N2/c1-7-5-9(8(2)12-7)6-10(3,4)11/h5,12H,6,11H2,1-4H3. The number of rotatable bonds is 2. The van der Waals surface area contributed by atoms with Crippen molar-refractivity contribution in [2.45, 2.75) is 39.7 Å². The molecule has 0 bridgehead atoms. The molecule has 68 valence electrons. The maximum absolute atomic E-state index is 5.93. The van der Waals surface area contributed by atoms with E-state index in [-0.39, 0.29) is 5.54 Å². The van der Waals surface area contributed by atoms with Gasteiger partial charge in [-0.05, 0) is 45.7 Å². The van der Waals surface area contributed by atoms with Crippen molar-refractivity contribution in [3.8, 4) is 0 Å². The van der Waals surface area contributed by atoms with Crippen LogP contribution in [0.2, 0.25) is 0 Å². The highest BCUT2D eigenvalue weighted by atomic mass is 14.7.